The molecule has 0 spiro atoms. The standard InChI is InChI=1S/C34H44N6O4/c1-5-18-38(34(44)35-20-26-11-7-6-8-12-26)39-23-31(42)40-29(19-25-14-16-28(41)17-15-25)33(43)37(22-30(39)40)21-27-13-9-10-24(2)32(27)36(3)4/h6-17,24,29-30,32,41H,5,18-23H2,1-4H3,(H,35,44)/t24-,29-,30?,32?/m0/s1. The van der Waals surface area contributed by atoms with Crippen LogP contribution >= 0.6 is 0 Å². The number of benzene rings is 2. The molecule has 2 aromatic rings. The summed E-state index contributed by atoms with van der Waals surface area (Å²) in [5.41, 5.74) is 2.97. The van der Waals surface area contributed by atoms with Gasteiger partial charge in [0.1, 0.15) is 18.0 Å². The lowest BCUT2D eigenvalue weighted by molar-refractivity contribution is -0.156. The van der Waals surface area contributed by atoms with Crippen molar-refractivity contribution in [2.24, 2.45) is 5.92 Å². The van der Waals surface area contributed by atoms with Crippen molar-refractivity contribution in [2.75, 3.05) is 40.3 Å². The Morgan fingerprint density at radius 2 is 1.77 bits per heavy atom. The Bertz CT molecular complexity index is 1390. The number of allylic oxidation sites excluding steroid dienone is 2. The van der Waals surface area contributed by atoms with Crippen molar-refractivity contribution in [2.45, 2.75) is 51.5 Å². The maximum absolute atomic E-state index is 14.2. The zero-order chi connectivity index (χ0) is 31.4. The van der Waals surface area contributed by atoms with Crippen molar-refractivity contribution in [3.63, 3.8) is 0 Å². The highest BCUT2D eigenvalue weighted by Gasteiger charge is 2.52. The SMILES string of the molecule is CCCN(C(=O)NCc1ccccc1)N1CC(=O)N2C1CN(CC1=CC=C[C@H](C)C1N(C)C)C(=O)[C@@H]2Cc1ccc(O)cc1. The lowest BCUT2D eigenvalue weighted by Crippen LogP contribution is -2.66. The average molecular weight is 601 g/mol. The lowest BCUT2D eigenvalue weighted by Gasteiger charge is -2.47. The molecule has 10 heteroatoms. The van der Waals surface area contributed by atoms with Crippen LogP contribution in [-0.4, -0.2) is 106 Å². The number of phenols is 1. The summed E-state index contributed by atoms with van der Waals surface area (Å²) in [6.45, 7) is 5.72. The molecule has 2 aliphatic heterocycles. The average Bonchev–Trinajstić information content (AvgIpc) is 3.33. The van der Waals surface area contributed by atoms with Gasteiger partial charge in [-0.15, -0.1) is 0 Å². The second kappa shape index (κ2) is 13.7. The molecule has 10 nitrogen and oxygen atoms in total. The van der Waals surface area contributed by atoms with Crippen LogP contribution in [0.4, 0.5) is 4.79 Å². The highest BCUT2D eigenvalue weighted by molar-refractivity contribution is 5.92. The summed E-state index contributed by atoms with van der Waals surface area (Å²) in [5, 5.41) is 16.3. The molecule has 0 bridgehead atoms. The van der Waals surface area contributed by atoms with Gasteiger partial charge < -0.3 is 25.1 Å². The topological polar surface area (TPSA) is 99.7 Å². The third-order valence-electron chi connectivity index (χ3n) is 8.73. The van der Waals surface area contributed by atoms with Gasteiger partial charge in [-0.25, -0.2) is 4.79 Å². The van der Waals surface area contributed by atoms with E-state index in [9.17, 15) is 19.5 Å². The molecule has 4 amide bonds. The number of nitrogens with one attached hydrogen (secondary N) is 1. The highest BCUT2D eigenvalue weighted by atomic mass is 16.3. The van der Waals surface area contributed by atoms with Gasteiger partial charge in [-0.05, 0) is 55.3 Å². The van der Waals surface area contributed by atoms with E-state index < -0.39 is 12.2 Å². The monoisotopic (exact) mass is 600 g/mol. The van der Waals surface area contributed by atoms with Crippen LogP contribution in [0.2, 0.25) is 0 Å². The van der Waals surface area contributed by atoms with Crippen LogP contribution in [-0.2, 0) is 22.6 Å². The Morgan fingerprint density at radius 1 is 1.05 bits per heavy atom. The molecule has 4 atom stereocenters. The smallest absolute Gasteiger partial charge is 0.332 e. The van der Waals surface area contributed by atoms with Crippen LogP contribution < -0.4 is 5.32 Å². The van der Waals surface area contributed by atoms with Gasteiger partial charge in [0.05, 0.1) is 13.1 Å². The molecule has 0 radical (unpaired) electrons. The van der Waals surface area contributed by atoms with E-state index in [-0.39, 0.29) is 42.1 Å². The summed E-state index contributed by atoms with van der Waals surface area (Å²) in [6.07, 6.45) is 6.85. The number of hydrogen-bond acceptors (Lipinski definition) is 6. The molecule has 3 aliphatic rings. The van der Waals surface area contributed by atoms with Crippen LogP contribution in [0.3, 0.4) is 0 Å². The van der Waals surface area contributed by atoms with E-state index >= 15 is 0 Å². The number of rotatable bonds is 10. The zero-order valence-electron chi connectivity index (χ0n) is 26.1. The minimum absolute atomic E-state index is 0.0133. The summed E-state index contributed by atoms with van der Waals surface area (Å²) < 4.78 is 0. The Hall–Kier alpha value is -4.15. The van der Waals surface area contributed by atoms with Gasteiger partial charge in [0.2, 0.25) is 11.8 Å². The molecule has 44 heavy (non-hydrogen) atoms. The first-order valence-corrected chi connectivity index (χ1v) is 15.4. The van der Waals surface area contributed by atoms with Crippen molar-refractivity contribution in [1.29, 1.82) is 0 Å². The van der Waals surface area contributed by atoms with Crippen LogP contribution in [0.25, 0.3) is 0 Å². The minimum atomic E-state index is -0.735. The minimum Gasteiger partial charge on any atom is -0.508 e. The molecule has 2 aromatic carbocycles. The summed E-state index contributed by atoms with van der Waals surface area (Å²) in [5.74, 6) is 0.139. The van der Waals surface area contributed by atoms with Crippen LogP contribution in [0, 0.1) is 5.92 Å². The highest BCUT2D eigenvalue weighted by Crippen LogP contribution is 2.32. The van der Waals surface area contributed by atoms with E-state index in [0.717, 1.165) is 16.7 Å². The van der Waals surface area contributed by atoms with Crippen LogP contribution in [0.1, 0.15) is 31.4 Å². The quantitative estimate of drug-likeness (QED) is 0.435. The predicted molar refractivity (Wildman–Crippen MR) is 169 cm³/mol. The number of nitrogens with zero attached hydrogens (tertiary/aromatic N) is 5. The summed E-state index contributed by atoms with van der Waals surface area (Å²) >= 11 is 0. The number of fused-ring (bicyclic) bond motifs is 1. The maximum atomic E-state index is 14.2. The largest absolute Gasteiger partial charge is 0.508 e. The van der Waals surface area contributed by atoms with Gasteiger partial charge in [0.25, 0.3) is 0 Å². The summed E-state index contributed by atoms with van der Waals surface area (Å²) in [6, 6.07) is 15.6. The van der Waals surface area contributed by atoms with Gasteiger partial charge in [-0.1, -0.05) is 74.5 Å². The van der Waals surface area contributed by atoms with E-state index in [1.165, 1.54) is 0 Å². The van der Waals surface area contributed by atoms with E-state index in [4.69, 9.17) is 0 Å². The molecule has 234 valence electrons. The van der Waals surface area contributed by atoms with E-state index in [2.05, 4.69) is 49.5 Å². The second-order valence-electron chi connectivity index (χ2n) is 12.1. The lowest BCUT2D eigenvalue weighted by atomic mass is 9.88. The summed E-state index contributed by atoms with van der Waals surface area (Å²) in [4.78, 5) is 47.3. The second-order valence-corrected chi connectivity index (χ2v) is 12.1. The van der Waals surface area contributed by atoms with Crippen molar-refractivity contribution in [3.05, 3.63) is 89.5 Å². The van der Waals surface area contributed by atoms with E-state index in [1.54, 1.807) is 34.2 Å². The number of carbonyl (C=O) groups is 3. The van der Waals surface area contributed by atoms with Crippen molar-refractivity contribution < 1.29 is 19.5 Å². The van der Waals surface area contributed by atoms with Crippen LogP contribution in [0.15, 0.2) is 78.4 Å². The number of likely N-dealkylation sites (N-methyl/N-ethyl adjacent to an activating group) is 1. The van der Waals surface area contributed by atoms with Gasteiger partial charge in [-0.2, -0.15) is 5.01 Å². The number of piperazine rings is 1. The van der Waals surface area contributed by atoms with Gasteiger partial charge in [0, 0.05) is 32.1 Å². The number of aromatic hydroxyl groups is 1. The number of urea groups is 1. The van der Waals surface area contributed by atoms with Crippen molar-refractivity contribution in [1.82, 2.24) is 30.0 Å². The molecule has 1 aliphatic carbocycles. The van der Waals surface area contributed by atoms with Gasteiger partial charge in [0.15, 0.2) is 0 Å². The molecular weight excluding hydrogens is 556 g/mol. The molecule has 2 saturated heterocycles. The Kier molecular flexibility index (Phi) is 9.71. The third-order valence-corrected chi connectivity index (χ3v) is 8.73. The van der Waals surface area contributed by atoms with Gasteiger partial charge >= 0.3 is 6.03 Å². The van der Waals surface area contributed by atoms with E-state index in [1.807, 2.05) is 47.2 Å². The number of amides is 4. The molecule has 2 fully saturated rings. The predicted octanol–water partition coefficient (Wildman–Crippen LogP) is 3.22. The molecule has 2 heterocycles. The molecule has 5 rings (SSSR count). The Balaban J connectivity index is 1.44. The van der Waals surface area contributed by atoms with Crippen molar-refractivity contribution >= 4 is 17.8 Å². The third kappa shape index (κ3) is 6.66. The fourth-order valence-electron chi connectivity index (χ4n) is 6.73. The molecule has 0 saturated carbocycles. The first kappa shape index (κ1) is 31.3. The Morgan fingerprint density at radius 3 is 2.45 bits per heavy atom. The molecule has 0 aromatic heterocycles. The van der Waals surface area contributed by atoms with Crippen LogP contribution in [0.5, 0.6) is 5.75 Å². The number of carbonyl (C=O) groups excluding carboxylic acids is 3. The van der Waals surface area contributed by atoms with Gasteiger partial charge in [-0.3, -0.25) is 14.6 Å². The number of phenolic OH excluding ortho intramolecular Hbond substituents is 1. The molecule has 2 N–H and O–H groups in total. The van der Waals surface area contributed by atoms with Crippen molar-refractivity contribution in [3.8, 4) is 5.75 Å². The molecular formula is C34H44N6O4. The number of hydrazine groups is 1. The van der Waals surface area contributed by atoms with E-state index in [0.29, 0.717) is 39.0 Å². The Labute approximate surface area is 260 Å². The molecule has 2 unspecified atom stereocenters. The zero-order valence-corrected chi connectivity index (χ0v) is 26.1. The fraction of sp³-hybridized carbons (Fsp3) is 0.441. The summed E-state index contributed by atoms with van der Waals surface area (Å²) in [7, 11) is 4.10. The first-order chi connectivity index (χ1) is 21.2. The fourth-order valence-corrected chi connectivity index (χ4v) is 6.73. The maximum Gasteiger partial charge on any atom is 0.332 e. The number of hydrogen-bond donors (Lipinski definition) is 2. The first-order valence-electron chi connectivity index (χ1n) is 15.4. The normalized spacial score (nSPS) is 23.6.